The molecule has 0 radical (unpaired) electrons. The number of hydrogen-bond acceptors (Lipinski definition) is 2. The molecule has 1 N–H and O–H groups in total. The predicted octanol–water partition coefficient (Wildman–Crippen LogP) is 5.28. The fraction of sp³-hybridized carbons (Fsp3) is 0.316. The van der Waals surface area contributed by atoms with Crippen molar-refractivity contribution in [1.29, 1.82) is 0 Å². The second kappa shape index (κ2) is 7.45. The van der Waals surface area contributed by atoms with Crippen LogP contribution >= 0.6 is 23.2 Å². The third kappa shape index (κ3) is 4.03. The van der Waals surface area contributed by atoms with Crippen LogP contribution in [0.1, 0.15) is 30.9 Å². The molecule has 0 saturated carbocycles. The summed E-state index contributed by atoms with van der Waals surface area (Å²) in [6.07, 6.45) is 4.01. The second-order valence-electron chi connectivity index (χ2n) is 6.01. The number of benzene rings is 2. The first-order valence-corrected chi connectivity index (χ1v) is 8.83. The topological polar surface area (TPSA) is 38.3 Å². The smallest absolute Gasteiger partial charge is 0.265 e. The number of carbonyl (C=O) groups is 1. The second-order valence-corrected chi connectivity index (χ2v) is 6.85. The van der Waals surface area contributed by atoms with Gasteiger partial charge in [-0.2, -0.15) is 0 Å². The van der Waals surface area contributed by atoms with E-state index in [1.165, 1.54) is 24.0 Å². The Labute approximate surface area is 151 Å². The van der Waals surface area contributed by atoms with Crippen LogP contribution in [-0.4, -0.2) is 12.0 Å². The zero-order chi connectivity index (χ0) is 17.1. The minimum atomic E-state index is -0.637. The summed E-state index contributed by atoms with van der Waals surface area (Å²) in [5.41, 5.74) is 3.19. The Kier molecular flexibility index (Phi) is 5.32. The number of rotatable bonds is 4. The van der Waals surface area contributed by atoms with Crippen LogP contribution in [0, 0.1) is 0 Å². The monoisotopic (exact) mass is 363 g/mol. The van der Waals surface area contributed by atoms with Crippen molar-refractivity contribution in [3.63, 3.8) is 0 Å². The van der Waals surface area contributed by atoms with Gasteiger partial charge < -0.3 is 10.1 Å². The van der Waals surface area contributed by atoms with E-state index in [2.05, 4.69) is 11.4 Å². The van der Waals surface area contributed by atoms with Crippen LogP contribution in [-0.2, 0) is 17.6 Å². The van der Waals surface area contributed by atoms with Crippen molar-refractivity contribution in [2.24, 2.45) is 0 Å². The lowest BCUT2D eigenvalue weighted by atomic mass is 9.92. The summed E-state index contributed by atoms with van der Waals surface area (Å²) in [4.78, 5) is 12.3. The van der Waals surface area contributed by atoms with E-state index in [1.807, 2.05) is 12.1 Å². The number of anilines is 1. The number of amides is 1. The largest absolute Gasteiger partial charge is 0.481 e. The van der Waals surface area contributed by atoms with E-state index in [0.29, 0.717) is 15.7 Å². The maximum absolute atomic E-state index is 12.3. The number of hydrogen-bond donors (Lipinski definition) is 1. The Balaban J connectivity index is 1.67. The highest BCUT2D eigenvalue weighted by atomic mass is 35.5. The molecule has 2 aromatic rings. The highest BCUT2D eigenvalue weighted by molar-refractivity contribution is 6.35. The molecule has 3 rings (SSSR count). The van der Waals surface area contributed by atoms with Crippen molar-refractivity contribution in [2.45, 2.75) is 38.7 Å². The van der Waals surface area contributed by atoms with Gasteiger partial charge in [0.2, 0.25) is 0 Å². The molecule has 1 aliphatic carbocycles. The van der Waals surface area contributed by atoms with Gasteiger partial charge in [0.25, 0.3) is 5.91 Å². The van der Waals surface area contributed by atoms with E-state index in [1.54, 1.807) is 25.1 Å². The highest BCUT2D eigenvalue weighted by Crippen LogP contribution is 2.27. The van der Waals surface area contributed by atoms with Crippen LogP contribution in [0.2, 0.25) is 10.0 Å². The standard InChI is InChI=1S/C19H19Cl2NO2/c1-12(19(23)22-18-11-15(20)7-9-17(18)21)24-16-8-6-13-4-2-3-5-14(13)10-16/h6-12H,2-5H2,1H3,(H,22,23)/t12-/m1/s1. The lowest BCUT2D eigenvalue weighted by molar-refractivity contribution is -0.122. The molecule has 0 heterocycles. The number of carbonyl (C=O) groups excluding carboxylic acids is 1. The molecule has 1 aliphatic rings. The highest BCUT2D eigenvalue weighted by Gasteiger charge is 2.17. The third-order valence-electron chi connectivity index (χ3n) is 4.19. The lowest BCUT2D eigenvalue weighted by Gasteiger charge is -2.19. The maximum Gasteiger partial charge on any atom is 0.265 e. The van der Waals surface area contributed by atoms with Crippen LogP contribution in [0.15, 0.2) is 36.4 Å². The van der Waals surface area contributed by atoms with E-state index in [9.17, 15) is 4.79 Å². The Morgan fingerprint density at radius 3 is 2.62 bits per heavy atom. The van der Waals surface area contributed by atoms with Gasteiger partial charge in [-0.05, 0) is 74.1 Å². The quantitative estimate of drug-likeness (QED) is 0.802. The molecule has 0 saturated heterocycles. The fourth-order valence-corrected chi connectivity index (χ4v) is 3.21. The van der Waals surface area contributed by atoms with Crippen molar-refractivity contribution in [3.05, 3.63) is 57.6 Å². The van der Waals surface area contributed by atoms with E-state index < -0.39 is 6.10 Å². The molecule has 3 nitrogen and oxygen atoms in total. The maximum atomic E-state index is 12.3. The Morgan fingerprint density at radius 2 is 1.83 bits per heavy atom. The number of ether oxygens (including phenoxy) is 1. The van der Waals surface area contributed by atoms with Gasteiger partial charge >= 0.3 is 0 Å². The van der Waals surface area contributed by atoms with Gasteiger partial charge in [0.1, 0.15) is 5.75 Å². The molecule has 0 bridgehead atoms. The molecule has 0 aliphatic heterocycles. The Hall–Kier alpha value is -1.71. The van der Waals surface area contributed by atoms with Gasteiger partial charge in [-0.3, -0.25) is 4.79 Å². The first-order valence-electron chi connectivity index (χ1n) is 8.07. The van der Waals surface area contributed by atoms with Crippen LogP contribution in [0.3, 0.4) is 0 Å². The molecule has 0 aromatic heterocycles. The van der Waals surface area contributed by atoms with Gasteiger partial charge in [0.15, 0.2) is 6.10 Å². The van der Waals surface area contributed by atoms with Gasteiger partial charge in [-0.15, -0.1) is 0 Å². The fourth-order valence-electron chi connectivity index (χ4n) is 2.87. The molecular formula is C19H19Cl2NO2. The summed E-state index contributed by atoms with van der Waals surface area (Å²) in [6, 6.07) is 11.0. The molecule has 1 atom stereocenters. The van der Waals surface area contributed by atoms with Crippen molar-refractivity contribution in [1.82, 2.24) is 0 Å². The summed E-state index contributed by atoms with van der Waals surface area (Å²) in [5, 5.41) is 3.70. The normalized spacial score (nSPS) is 14.6. The molecule has 24 heavy (non-hydrogen) atoms. The number of halogens is 2. The summed E-state index contributed by atoms with van der Waals surface area (Å²) < 4.78 is 5.80. The van der Waals surface area contributed by atoms with E-state index >= 15 is 0 Å². The predicted molar refractivity (Wildman–Crippen MR) is 98.3 cm³/mol. The van der Waals surface area contributed by atoms with Crippen LogP contribution in [0.4, 0.5) is 5.69 Å². The molecule has 0 spiro atoms. The first-order chi connectivity index (χ1) is 11.5. The number of nitrogens with one attached hydrogen (secondary N) is 1. The summed E-state index contributed by atoms with van der Waals surface area (Å²) >= 11 is 12.0. The number of aryl methyl sites for hydroxylation is 2. The molecule has 126 valence electrons. The lowest BCUT2D eigenvalue weighted by Crippen LogP contribution is -2.30. The SMILES string of the molecule is C[C@@H](Oc1ccc2c(c1)CCCC2)C(=O)Nc1cc(Cl)ccc1Cl. The molecule has 2 aromatic carbocycles. The molecule has 0 fully saturated rings. The first kappa shape index (κ1) is 17.1. The van der Waals surface area contributed by atoms with Gasteiger partial charge in [-0.1, -0.05) is 29.3 Å². The van der Waals surface area contributed by atoms with Crippen molar-refractivity contribution in [3.8, 4) is 5.75 Å². The van der Waals surface area contributed by atoms with Crippen LogP contribution in [0.25, 0.3) is 0 Å². The molecule has 1 amide bonds. The van der Waals surface area contributed by atoms with E-state index in [0.717, 1.165) is 18.6 Å². The molecular weight excluding hydrogens is 345 g/mol. The Bertz CT molecular complexity index is 761. The number of fused-ring (bicyclic) bond motifs is 1. The zero-order valence-corrected chi connectivity index (χ0v) is 15.0. The molecule has 5 heteroatoms. The summed E-state index contributed by atoms with van der Waals surface area (Å²) in [5.74, 6) is 0.451. The Morgan fingerprint density at radius 1 is 1.08 bits per heavy atom. The van der Waals surface area contributed by atoms with Crippen molar-refractivity contribution < 1.29 is 9.53 Å². The van der Waals surface area contributed by atoms with Crippen LogP contribution < -0.4 is 10.1 Å². The molecule has 0 unspecified atom stereocenters. The average molecular weight is 364 g/mol. The summed E-state index contributed by atoms with van der Waals surface area (Å²) in [7, 11) is 0. The zero-order valence-electron chi connectivity index (χ0n) is 13.4. The average Bonchev–Trinajstić information content (AvgIpc) is 2.58. The van der Waals surface area contributed by atoms with Crippen molar-refractivity contribution >= 4 is 34.8 Å². The minimum absolute atomic E-state index is 0.267. The van der Waals surface area contributed by atoms with Crippen LogP contribution in [0.5, 0.6) is 5.75 Å². The van der Waals surface area contributed by atoms with E-state index in [-0.39, 0.29) is 5.91 Å². The van der Waals surface area contributed by atoms with E-state index in [4.69, 9.17) is 27.9 Å². The van der Waals surface area contributed by atoms with Gasteiger partial charge in [0.05, 0.1) is 10.7 Å². The summed E-state index contributed by atoms with van der Waals surface area (Å²) in [6.45, 7) is 1.72. The minimum Gasteiger partial charge on any atom is -0.481 e. The third-order valence-corrected chi connectivity index (χ3v) is 4.75. The van der Waals surface area contributed by atoms with Gasteiger partial charge in [0, 0.05) is 5.02 Å². The van der Waals surface area contributed by atoms with Crippen molar-refractivity contribution in [2.75, 3.05) is 5.32 Å². The van der Waals surface area contributed by atoms with Gasteiger partial charge in [-0.25, -0.2) is 0 Å².